The summed E-state index contributed by atoms with van der Waals surface area (Å²) in [6.07, 6.45) is 0.685. The van der Waals surface area contributed by atoms with Crippen molar-refractivity contribution >= 4 is 11.6 Å². The highest BCUT2D eigenvalue weighted by Gasteiger charge is 2.14. The van der Waals surface area contributed by atoms with Gasteiger partial charge in [0.25, 0.3) is 0 Å². The number of aliphatic hydroxyl groups excluding tert-OH is 1. The monoisotopic (exact) mass is 259 g/mol. The number of aliphatic hydroxyl groups is 1. The molecule has 0 fully saturated rings. The number of hydrogen-bond donors (Lipinski definition) is 1. The fourth-order valence-electron chi connectivity index (χ4n) is 1.68. The zero-order valence-electron chi connectivity index (χ0n) is 10.3. The fraction of sp³-hybridized carbons (Fsp3) is 0.538. The summed E-state index contributed by atoms with van der Waals surface area (Å²) in [7, 11) is 0. The van der Waals surface area contributed by atoms with E-state index in [0.29, 0.717) is 23.6 Å². The molecule has 0 atom stereocenters. The van der Waals surface area contributed by atoms with Crippen LogP contribution < -0.4 is 0 Å². The van der Waals surface area contributed by atoms with Gasteiger partial charge in [-0.3, -0.25) is 4.90 Å². The second-order valence-electron chi connectivity index (χ2n) is 4.34. The molecule has 0 aliphatic rings. The maximum atomic E-state index is 13.6. The van der Waals surface area contributed by atoms with E-state index in [4.69, 9.17) is 16.7 Å². The van der Waals surface area contributed by atoms with Gasteiger partial charge in [0.2, 0.25) is 0 Å². The third-order valence-corrected chi connectivity index (χ3v) is 3.11. The van der Waals surface area contributed by atoms with Gasteiger partial charge >= 0.3 is 0 Å². The predicted octanol–water partition coefficient (Wildman–Crippen LogP) is 3.07. The Balaban J connectivity index is 2.78. The highest BCUT2D eigenvalue weighted by molar-refractivity contribution is 6.31. The molecule has 17 heavy (non-hydrogen) atoms. The summed E-state index contributed by atoms with van der Waals surface area (Å²) in [4.78, 5) is 2.10. The molecule has 1 rings (SSSR count). The first-order valence-electron chi connectivity index (χ1n) is 5.84. The molecule has 0 bridgehead atoms. The van der Waals surface area contributed by atoms with Crippen LogP contribution in [0.5, 0.6) is 0 Å². The maximum Gasteiger partial charge on any atom is 0.129 e. The molecule has 1 aromatic carbocycles. The largest absolute Gasteiger partial charge is 0.396 e. The summed E-state index contributed by atoms with van der Waals surface area (Å²) in [5.41, 5.74) is 0.529. The lowest BCUT2D eigenvalue weighted by molar-refractivity contribution is 0.183. The lowest BCUT2D eigenvalue weighted by atomic mass is 10.1. The number of halogens is 2. The molecule has 1 N–H and O–H groups in total. The summed E-state index contributed by atoms with van der Waals surface area (Å²) in [6, 6.07) is 5.02. The van der Waals surface area contributed by atoms with Crippen molar-refractivity contribution in [2.45, 2.75) is 32.9 Å². The third-order valence-electron chi connectivity index (χ3n) is 2.76. The minimum absolute atomic E-state index is 0.147. The van der Waals surface area contributed by atoms with Crippen molar-refractivity contribution in [1.29, 1.82) is 0 Å². The molecule has 0 amide bonds. The molecule has 0 unspecified atom stereocenters. The van der Waals surface area contributed by atoms with Gasteiger partial charge in [0, 0.05) is 36.3 Å². The summed E-state index contributed by atoms with van der Waals surface area (Å²) >= 11 is 6.00. The van der Waals surface area contributed by atoms with E-state index in [0.717, 1.165) is 6.54 Å². The van der Waals surface area contributed by atoms with Crippen molar-refractivity contribution in [3.05, 3.63) is 34.6 Å². The number of rotatable bonds is 6. The molecule has 4 heteroatoms. The molecule has 2 nitrogen and oxygen atoms in total. The molecule has 1 aromatic rings. The topological polar surface area (TPSA) is 23.5 Å². The summed E-state index contributed by atoms with van der Waals surface area (Å²) < 4.78 is 13.6. The van der Waals surface area contributed by atoms with Gasteiger partial charge < -0.3 is 5.11 Å². The minimum Gasteiger partial charge on any atom is -0.396 e. The Morgan fingerprint density at radius 3 is 2.65 bits per heavy atom. The van der Waals surface area contributed by atoms with Crippen LogP contribution in [0, 0.1) is 5.82 Å². The van der Waals surface area contributed by atoms with Gasteiger partial charge in [-0.2, -0.15) is 0 Å². The van der Waals surface area contributed by atoms with Crippen LogP contribution in [0.1, 0.15) is 25.8 Å². The molecule has 0 aliphatic heterocycles. The lowest BCUT2D eigenvalue weighted by Crippen LogP contribution is -2.32. The summed E-state index contributed by atoms with van der Waals surface area (Å²) in [6.45, 7) is 5.45. The molecular weight excluding hydrogens is 241 g/mol. The summed E-state index contributed by atoms with van der Waals surface area (Å²) in [5, 5.41) is 9.30. The fourth-order valence-corrected chi connectivity index (χ4v) is 1.90. The van der Waals surface area contributed by atoms with E-state index in [2.05, 4.69) is 4.90 Å². The van der Waals surface area contributed by atoms with Crippen LogP contribution in [-0.4, -0.2) is 29.2 Å². The van der Waals surface area contributed by atoms with Crippen LogP contribution in [0.25, 0.3) is 0 Å². The van der Waals surface area contributed by atoms with E-state index in [-0.39, 0.29) is 18.5 Å². The van der Waals surface area contributed by atoms with Crippen molar-refractivity contribution in [3.8, 4) is 0 Å². The Morgan fingerprint density at radius 1 is 1.41 bits per heavy atom. The highest BCUT2D eigenvalue weighted by atomic mass is 35.5. The van der Waals surface area contributed by atoms with E-state index < -0.39 is 0 Å². The van der Waals surface area contributed by atoms with Crippen LogP contribution in [-0.2, 0) is 6.54 Å². The van der Waals surface area contributed by atoms with Crippen molar-refractivity contribution in [1.82, 2.24) is 4.90 Å². The molecule has 0 saturated carbocycles. The van der Waals surface area contributed by atoms with Crippen LogP contribution in [0.3, 0.4) is 0 Å². The van der Waals surface area contributed by atoms with E-state index in [9.17, 15) is 4.39 Å². The van der Waals surface area contributed by atoms with Crippen molar-refractivity contribution in [2.24, 2.45) is 0 Å². The molecule has 0 aromatic heterocycles. The van der Waals surface area contributed by atoms with Crippen LogP contribution in [0.2, 0.25) is 5.02 Å². The average molecular weight is 260 g/mol. The van der Waals surface area contributed by atoms with Gasteiger partial charge in [-0.05, 0) is 32.4 Å². The lowest BCUT2D eigenvalue weighted by Gasteiger charge is -2.26. The smallest absolute Gasteiger partial charge is 0.129 e. The van der Waals surface area contributed by atoms with Crippen molar-refractivity contribution in [3.63, 3.8) is 0 Å². The molecule has 0 heterocycles. The highest BCUT2D eigenvalue weighted by Crippen LogP contribution is 2.21. The van der Waals surface area contributed by atoms with E-state index >= 15 is 0 Å². The Morgan fingerprint density at radius 2 is 2.12 bits per heavy atom. The van der Waals surface area contributed by atoms with E-state index in [1.807, 2.05) is 13.8 Å². The SMILES string of the molecule is CC(C)N(CCCO)Cc1c(F)cccc1Cl. The normalized spacial score (nSPS) is 11.5. The predicted molar refractivity (Wildman–Crippen MR) is 68.7 cm³/mol. The molecule has 0 spiro atoms. The zero-order valence-corrected chi connectivity index (χ0v) is 11.0. The number of benzene rings is 1. The molecule has 0 saturated heterocycles. The number of hydrogen-bond acceptors (Lipinski definition) is 2. The van der Waals surface area contributed by atoms with Crippen LogP contribution in [0.15, 0.2) is 18.2 Å². The van der Waals surface area contributed by atoms with E-state index in [1.54, 1.807) is 12.1 Å². The number of nitrogens with zero attached hydrogens (tertiary/aromatic N) is 1. The quantitative estimate of drug-likeness (QED) is 0.849. The van der Waals surface area contributed by atoms with Gasteiger partial charge in [-0.1, -0.05) is 17.7 Å². The Kier molecular flexibility index (Phi) is 5.89. The standard InChI is InChI=1S/C13H19ClFNO/c1-10(2)16(7-4-8-17)9-11-12(14)5-3-6-13(11)15/h3,5-6,10,17H,4,7-9H2,1-2H3. The van der Waals surface area contributed by atoms with Gasteiger partial charge in [-0.15, -0.1) is 0 Å². The first-order chi connectivity index (χ1) is 8.06. The second kappa shape index (κ2) is 6.94. The van der Waals surface area contributed by atoms with Crippen molar-refractivity contribution in [2.75, 3.05) is 13.2 Å². The zero-order chi connectivity index (χ0) is 12.8. The maximum absolute atomic E-state index is 13.6. The second-order valence-corrected chi connectivity index (χ2v) is 4.75. The van der Waals surface area contributed by atoms with Crippen LogP contribution in [0.4, 0.5) is 4.39 Å². The third kappa shape index (κ3) is 4.26. The summed E-state index contributed by atoms with van der Waals surface area (Å²) in [5.74, 6) is -0.271. The Labute approximate surface area is 107 Å². The van der Waals surface area contributed by atoms with E-state index in [1.165, 1.54) is 6.07 Å². The molecule has 0 aliphatic carbocycles. The minimum atomic E-state index is -0.271. The molecule has 96 valence electrons. The molecular formula is C13H19ClFNO. The van der Waals surface area contributed by atoms with Gasteiger partial charge in [0.1, 0.15) is 5.82 Å². The van der Waals surface area contributed by atoms with Gasteiger partial charge in [0.15, 0.2) is 0 Å². The van der Waals surface area contributed by atoms with Gasteiger partial charge in [0.05, 0.1) is 0 Å². The van der Waals surface area contributed by atoms with Crippen LogP contribution >= 0.6 is 11.6 Å². The van der Waals surface area contributed by atoms with Gasteiger partial charge in [-0.25, -0.2) is 4.39 Å². The first kappa shape index (κ1) is 14.4. The Hall–Kier alpha value is -0.640. The molecule has 0 radical (unpaired) electrons. The Bertz CT molecular complexity index is 337. The van der Waals surface area contributed by atoms with Crippen molar-refractivity contribution < 1.29 is 9.50 Å². The average Bonchev–Trinajstić information content (AvgIpc) is 2.27. The first-order valence-corrected chi connectivity index (χ1v) is 6.22.